The summed E-state index contributed by atoms with van der Waals surface area (Å²) in [5.74, 6) is -0.914. The Morgan fingerprint density at radius 3 is 2.52 bits per heavy atom. The number of thiophene rings is 1. The molecule has 1 aliphatic heterocycles. The number of ether oxygens (including phenoxy) is 1. The predicted octanol–water partition coefficient (Wildman–Crippen LogP) is 2.10. The molecule has 0 radical (unpaired) electrons. The van der Waals surface area contributed by atoms with Gasteiger partial charge in [-0.3, -0.25) is 14.5 Å². The van der Waals surface area contributed by atoms with E-state index >= 15 is 0 Å². The van der Waals surface area contributed by atoms with Crippen LogP contribution >= 0.6 is 11.3 Å². The molecule has 114 valence electrons. The van der Waals surface area contributed by atoms with Crippen LogP contribution in [0.25, 0.3) is 0 Å². The van der Waals surface area contributed by atoms with Gasteiger partial charge in [-0.25, -0.2) is 4.79 Å². The minimum absolute atomic E-state index is 0.103. The van der Waals surface area contributed by atoms with Crippen LogP contribution in [0.1, 0.15) is 47.2 Å². The molecule has 0 spiro atoms. The van der Waals surface area contributed by atoms with Gasteiger partial charge in [0.1, 0.15) is 12.4 Å². The van der Waals surface area contributed by atoms with Crippen LogP contribution in [0.15, 0.2) is 6.07 Å². The summed E-state index contributed by atoms with van der Waals surface area (Å²) >= 11 is 1.19. The number of carboxylic acid groups (broad SMARTS) is 1. The van der Waals surface area contributed by atoms with Gasteiger partial charge in [-0.15, -0.1) is 11.3 Å². The van der Waals surface area contributed by atoms with Crippen LogP contribution in [-0.4, -0.2) is 40.9 Å². The molecule has 21 heavy (non-hydrogen) atoms. The standard InChI is InChI=1S/C14H17NO5S/c1-8(2)10-7-9(13(21-10)14(18)19)20-6-5-15-11(16)3-4-12(15)17/h7-8H,3-6H2,1-2H3,(H,18,19). The summed E-state index contributed by atoms with van der Waals surface area (Å²) in [6.07, 6.45) is 0.490. The lowest BCUT2D eigenvalue weighted by Gasteiger charge is -2.13. The summed E-state index contributed by atoms with van der Waals surface area (Å²) < 4.78 is 5.47. The van der Waals surface area contributed by atoms with Crippen LogP contribution in [0.3, 0.4) is 0 Å². The Labute approximate surface area is 126 Å². The smallest absolute Gasteiger partial charge is 0.349 e. The van der Waals surface area contributed by atoms with Crippen molar-refractivity contribution in [3.63, 3.8) is 0 Å². The van der Waals surface area contributed by atoms with Gasteiger partial charge in [-0.05, 0) is 12.0 Å². The van der Waals surface area contributed by atoms with E-state index in [9.17, 15) is 14.4 Å². The number of aromatic carboxylic acids is 1. The largest absolute Gasteiger partial charge is 0.490 e. The molecule has 1 saturated heterocycles. The van der Waals surface area contributed by atoms with E-state index < -0.39 is 5.97 Å². The zero-order valence-electron chi connectivity index (χ0n) is 11.9. The van der Waals surface area contributed by atoms with Crippen LogP contribution in [0, 0.1) is 0 Å². The molecular weight excluding hydrogens is 294 g/mol. The molecule has 1 aromatic heterocycles. The van der Waals surface area contributed by atoms with Gasteiger partial charge in [0.25, 0.3) is 0 Å². The third-order valence-corrected chi connectivity index (χ3v) is 4.61. The van der Waals surface area contributed by atoms with E-state index in [2.05, 4.69) is 0 Å². The minimum atomic E-state index is -1.03. The van der Waals surface area contributed by atoms with Crippen molar-refractivity contribution in [2.75, 3.05) is 13.2 Å². The quantitative estimate of drug-likeness (QED) is 0.813. The van der Waals surface area contributed by atoms with E-state index in [0.717, 1.165) is 9.78 Å². The van der Waals surface area contributed by atoms with Crippen molar-refractivity contribution >= 4 is 29.1 Å². The first-order chi connectivity index (χ1) is 9.90. The lowest BCUT2D eigenvalue weighted by molar-refractivity contribution is -0.138. The number of amides is 2. The van der Waals surface area contributed by atoms with E-state index in [1.165, 1.54) is 11.3 Å². The lowest BCUT2D eigenvalue weighted by atomic mass is 10.2. The predicted molar refractivity (Wildman–Crippen MR) is 76.8 cm³/mol. The molecule has 0 saturated carbocycles. The van der Waals surface area contributed by atoms with Crippen molar-refractivity contribution in [3.8, 4) is 5.75 Å². The summed E-state index contributed by atoms with van der Waals surface area (Å²) in [6, 6.07) is 1.71. The highest BCUT2D eigenvalue weighted by Gasteiger charge is 2.28. The highest BCUT2D eigenvalue weighted by Crippen LogP contribution is 2.33. The highest BCUT2D eigenvalue weighted by molar-refractivity contribution is 7.14. The Bertz CT molecular complexity index is 562. The normalized spacial score (nSPS) is 15.1. The zero-order valence-corrected chi connectivity index (χ0v) is 12.7. The molecule has 1 aliphatic rings. The Hall–Kier alpha value is -1.89. The molecule has 0 bridgehead atoms. The van der Waals surface area contributed by atoms with E-state index in [0.29, 0.717) is 5.75 Å². The lowest BCUT2D eigenvalue weighted by Crippen LogP contribution is -2.33. The molecule has 0 unspecified atom stereocenters. The fraction of sp³-hybridized carbons (Fsp3) is 0.500. The Morgan fingerprint density at radius 1 is 1.38 bits per heavy atom. The first-order valence-corrected chi connectivity index (χ1v) is 7.54. The van der Waals surface area contributed by atoms with Crippen molar-refractivity contribution in [1.82, 2.24) is 4.90 Å². The van der Waals surface area contributed by atoms with Crippen molar-refractivity contribution in [1.29, 1.82) is 0 Å². The molecule has 6 nitrogen and oxygen atoms in total. The molecule has 0 aliphatic carbocycles. The average molecular weight is 311 g/mol. The maximum atomic E-state index is 11.5. The monoisotopic (exact) mass is 311 g/mol. The van der Waals surface area contributed by atoms with Crippen molar-refractivity contribution < 1.29 is 24.2 Å². The number of hydrogen-bond acceptors (Lipinski definition) is 5. The maximum Gasteiger partial charge on any atom is 0.349 e. The number of likely N-dealkylation sites (tertiary alicyclic amines) is 1. The Kier molecular flexibility index (Phi) is 4.62. The summed E-state index contributed by atoms with van der Waals surface area (Å²) in [5, 5.41) is 9.17. The van der Waals surface area contributed by atoms with E-state index in [-0.39, 0.29) is 48.6 Å². The van der Waals surface area contributed by atoms with Crippen LogP contribution in [0.2, 0.25) is 0 Å². The van der Waals surface area contributed by atoms with Crippen molar-refractivity contribution in [3.05, 3.63) is 15.8 Å². The molecule has 0 atom stereocenters. The zero-order chi connectivity index (χ0) is 15.6. The number of hydrogen-bond donors (Lipinski definition) is 1. The minimum Gasteiger partial charge on any atom is -0.490 e. The summed E-state index contributed by atoms with van der Waals surface area (Å²) in [4.78, 5) is 36.3. The molecule has 7 heteroatoms. The number of carboxylic acids is 1. The number of carbonyl (C=O) groups is 3. The molecule has 1 aromatic rings. The van der Waals surface area contributed by atoms with E-state index in [1.807, 2.05) is 13.8 Å². The molecule has 0 aromatic carbocycles. The average Bonchev–Trinajstić information content (AvgIpc) is 2.97. The third kappa shape index (κ3) is 3.41. The second kappa shape index (κ2) is 6.26. The number of carbonyl (C=O) groups excluding carboxylic acids is 2. The van der Waals surface area contributed by atoms with Crippen molar-refractivity contribution in [2.24, 2.45) is 0 Å². The number of rotatable bonds is 6. The first-order valence-electron chi connectivity index (χ1n) is 6.73. The van der Waals surface area contributed by atoms with Gasteiger partial charge in [0.05, 0.1) is 6.54 Å². The van der Waals surface area contributed by atoms with Gasteiger partial charge >= 0.3 is 5.97 Å². The van der Waals surface area contributed by atoms with Crippen LogP contribution in [0.5, 0.6) is 5.75 Å². The van der Waals surface area contributed by atoms with Crippen LogP contribution in [-0.2, 0) is 9.59 Å². The molecule has 1 N–H and O–H groups in total. The van der Waals surface area contributed by atoms with Gasteiger partial charge in [-0.1, -0.05) is 13.8 Å². The van der Waals surface area contributed by atoms with Gasteiger partial charge in [0.2, 0.25) is 11.8 Å². The highest BCUT2D eigenvalue weighted by atomic mass is 32.1. The maximum absolute atomic E-state index is 11.5. The van der Waals surface area contributed by atoms with Crippen LogP contribution in [0.4, 0.5) is 0 Å². The van der Waals surface area contributed by atoms with E-state index in [1.54, 1.807) is 6.07 Å². The molecule has 2 heterocycles. The summed E-state index contributed by atoms with van der Waals surface area (Å²) in [7, 11) is 0. The fourth-order valence-corrected chi connectivity index (χ4v) is 3.00. The second-order valence-corrected chi connectivity index (χ2v) is 6.17. The number of nitrogens with zero attached hydrogens (tertiary/aromatic N) is 1. The summed E-state index contributed by atoms with van der Waals surface area (Å²) in [5.41, 5.74) is 0. The third-order valence-electron chi connectivity index (χ3n) is 3.21. The van der Waals surface area contributed by atoms with E-state index in [4.69, 9.17) is 9.84 Å². The van der Waals surface area contributed by atoms with Gasteiger partial charge in [0, 0.05) is 17.7 Å². The van der Waals surface area contributed by atoms with Crippen LogP contribution < -0.4 is 4.74 Å². The SMILES string of the molecule is CC(C)c1cc(OCCN2C(=O)CCC2=O)c(C(=O)O)s1. The topological polar surface area (TPSA) is 83.9 Å². The Morgan fingerprint density at radius 2 is 2.00 bits per heavy atom. The van der Waals surface area contributed by atoms with Gasteiger partial charge < -0.3 is 9.84 Å². The number of imide groups is 1. The molecule has 2 amide bonds. The Balaban J connectivity index is 2.01. The molecule has 2 rings (SSSR count). The summed E-state index contributed by atoms with van der Waals surface area (Å²) in [6.45, 7) is 4.21. The molecular formula is C14H17NO5S. The molecule has 1 fully saturated rings. The van der Waals surface area contributed by atoms with Crippen molar-refractivity contribution in [2.45, 2.75) is 32.6 Å². The second-order valence-electron chi connectivity index (χ2n) is 5.09. The van der Waals surface area contributed by atoms with Gasteiger partial charge in [-0.2, -0.15) is 0 Å². The first kappa shape index (κ1) is 15.5. The van der Waals surface area contributed by atoms with Gasteiger partial charge in [0.15, 0.2) is 4.88 Å². The fourth-order valence-electron chi connectivity index (χ4n) is 2.05.